The van der Waals surface area contributed by atoms with Gasteiger partial charge in [0, 0.05) is 30.3 Å². The van der Waals surface area contributed by atoms with Crippen LogP contribution in [0.4, 0.5) is 0 Å². The fourth-order valence-corrected chi connectivity index (χ4v) is 2.62. The van der Waals surface area contributed by atoms with Crippen LogP contribution in [0.5, 0.6) is 0 Å². The minimum Gasteiger partial charge on any atom is -0.354 e. The van der Waals surface area contributed by atoms with Crippen molar-refractivity contribution < 1.29 is 14.4 Å². The third-order valence-corrected chi connectivity index (χ3v) is 3.62. The van der Waals surface area contributed by atoms with Gasteiger partial charge in [0.05, 0.1) is 0 Å². The third-order valence-electron chi connectivity index (χ3n) is 3.62. The molecule has 2 rings (SSSR count). The van der Waals surface area contributed by atoms with Crippen LogP contribution in [-0.2, 0) is 4.79 Å². The van der Waals surface area contributed by atoms with Crippen LogP contribution >= 0.6 is 0 Å². The molecular weight excluding hydrogens is 258 g/mol. The van der Waals surface area contributed by atoms with Gasteiger partial charge in [0.25, 0.3) is 5.91 Å². The fourth-order valence-electron chi connectivity index (χ4n) is 2.62. The number of carbonyl (C=O) groups is 3. The molecule has 1 aliphatic heterocycles. The zero-order chi connectivity index (χ0) is 14.9. The van der Waals surface area contributed by atoms with E-state index in [1.54, 1.807) is 13.8 Å². The van der Waals surface area contributed by atoms with Crippen LogP contribution in [0.3, 0.4) is 0 Å². The monoisotopic (exact) mass is 277 g/mol. The van der Waals surface area contributed by atoms with E-state index in [1.807, 2.05) is 0 Å². The van der Waals surface area contributed by atoms with Crippen LogP contribution in [0, 0.1) is 13.8 Å². The lowest BCUT2D eigenvalue weighted by atomic mass is 10.1. The van der Waals surface area contributed by atoms with Crippen LogP contribution in [0.15, 0.2) is 0 Å². The maximum atomic E-state index is 12.2. The summed E-state index contributed by atoms with van der Waals surface area (Å²) >= 11 is 0. The molecule has 20 heavy (non-hydrogen) atoms. The van der Waals surface area contributed by atoms with E-state index in [1.165, 1.54) is 6.92 Å². The first-order valence-electron chi connectivity index (χ1n) is 6.67. The van der Waals surface area contributed by atoms with Gasteiger partial charge in [0.1, 0.15) is 5.69 Å². The minimum atomic E-state index is -0.237. The molecule has 2 heterocycles. The van der Waals surface area contributed by atoms with Crippen molar-refractivity contribution in [2.75, 3.05) is 6.54 Å². The number of carbonyl (C=O) groups excluding carboxylic acids is 3. The van der Waals surface area contributed by atoms with Gasteiger partial charge in [-0.15, -0.1) is 0 Å². The molecule has 108 valence electrons. The summed E-state index contributed by atoms with van der Waals surface area (Å²) in [6.07, 6.45) is 1.06. The van der Waals surface area contributed by atoms with E-state index in [2.05, 4.69) is 15.6 Å². The van der Waals surface area contributed by atoms with E-state index in [4.69, 9.17) is 0 Å². The Morgan fingerprint density at radius 2 is 2.00 bits per heavy atom. The number of aromatic amines is 1. The molecule has 0 spiro atoms. The number of piperidine rings is 1. The highest BCUT2D eigenvalue weighted by Gasteiger charge is 2.24. The molecule has 1 atom stereocenters. The molecule has 0 aromatic carbocycles. The Hall–Kier alpha value is -2.11. The molecule has 1 fully saturated rings. The summed E-state index contributed by atoms with van der Waals surface area (Å²) in [5.74, 6) is -0.277. The summed E-state index contributed by atoms with van der Waals surface area (Å²) in [4.78, 5) is 37.8. The molecule has 0 saturated carbocycles. The van der Waals surface area contributed by atoms with Crippen LogP contribution in [0.2, 0.25) is 0 Å². The predicted octanol–water partition coefficient (Wildman–Crippen LogP) is 0.843. The quantitative estimate of drug-likeness (QED) is 0.715. The topological polar surface area (TPSA) is 91.1 Å². The van der Waals surface area contributed by atoms with Crippen molar-refractivity contribution in [3.8, 4) is 0 Å². The highest BCUT2D eigenvalue weighted by Crippen LogP contribution is 2.18. The second kappa shape index (κ2) is 5.48. The van der Waals surface area contributed by atoms with Crippen molar-refractivity contribution in [3.05, 3.63) is 22.5 Å². The average molecular weight is 277 g/mol. The van der Waals surface area contributed by atoms with E-state index >= 15 is 0 Å². The Labute approximate surface area is 117 Å². The molecule has 3 N–H and O–H groups in total. The van der Waals surface area contributed by atoms with Crippen molar-refractivity contribution in [1.29, 1.82) is 0 Å². The summed E-state index contributed by atoms with van der Waals surface area (Å²) < 4.78 is 0. The van der Waals surface area contributed by atoms with Gasteiger partial charge in [-0.25, -0.2) is 0 Å². The summed E-state index contributed by atoms with van der Waals surface area (Å²) in [5, 5.41) is 5.60. The normalized spacial score (nSPS) is 18.6. The van der Waals surface area contributed by atoms with Crippen LogP contribution in [-0.4, -0.2) is 35.2 Å². The number of rotatable bonds is 3. The summed E-state index contributed by atoms with van der Waals surface area (Å²) in [6, 6.07) is -0.0658. The lowest BCUT2D eigenvalue weighted by Gasteiger charge is -2.23. The first kappa shape index (κ1) is 14.3. The van der Waals surface area contributed by atoms with Gasteiger partial charge in [0.2, 0.25) is 5.91 Å². The average Bonchev–Trinajstić information content (AvgIpc) is 2.67. The van der Waals surface area contributed by atoms with Gasteiger partial charge < -0.3 is 15.6 Å². The maximum Gasteiger partial charge on any atom is 0.268 e. The van der Waals surface area contributed by atoms with Crippen LogP contribution < -0.4 is 10.6 Å². The van der Waals surface area contributed by atoms with Crippen LogP contribution in [0.1, 0.15) is 51.9 Å². The molecule has 0 radical (unpaired) electrons. The number of ketones is 1. The molecule has 2 amide bonds. The van der Waals surface area contributed by atoms with E-state index < -0.39 is 0 Å². The smallest absolute Gasteiger partial charge is 0.268 e. The van der Waals surface area contributed by atoms with Gasteiger partial charge in [0.15, 0.2) is 5.78 Å². The van der Waals surface area contributed by atoms with E-state index in [-0.39, 0.29) is 23.6 Å². The number of aromatic nitrogens is 1. The molecule has 0 aliphatic carbocycles. The zero-order valence-electron chi connectivity index (χ0n) is 11.9. The van der Waals surface area contributed by atoms with E-state index in [9.17, 15) is 14.4 Å². The van der Waals surface area contributed by atoms with Gasteiger partial charge in [-0.3, -0.25) is 14.4 Å². The van der Waals surface area contributed by atoms with Gasteiger partial charge >= 0.3 is 0 Å². The molecule has 6 nitrogen and oxygen atoms in total. The first-order chi connectivity index (χ1) is 9.40. The van der Waals surface area contributed by atoms with Gasteiger partial charge in [-0.1, -0.05) is 0 Å². The molecule has 1 saturated heterocycles. The SMILES string of the molecule is CC(=O)c1c(C)[nH]c(C(=O)NC2CCC(=O)NC2)c1C. The maximum absolute atomic E-state index is 12.2. The molecule has 1 unspecified atom stereocenters. The number of hydrogen-bond donors (Lipinski definition) is 3. The summed E-state index contributed by atoms with van der Waals surface area (Å²) in [6.45, 7) is 5.48. The number of amides is 2. The number of hydrogen-bond acceptors (Lipinski definition) is 3. The fraction of sp³-hybridized carbons (Fsp3) is 0.500. The summed E-state index contributed by atoms with van der Waals surface area (Å²) in [7, 11) is 0. The lowest BCUT2D eigenvalue weighted by molar-refractivity contribution is -0.122. The van der Waals surface area contributed by atoms with Gasteiger partial charge in [-0.2, -0.15) is 0 Å². The third kappa shape index (κ3) is 2.74. The van der Waals surface area contributed by atoms with Crippen molar-refractivity contribution in [2.24, 2.45) is 0 Å². The van der Waals surface area contributed by atoms with Crippen LogP contribution in [0.25, 0.3) is 0 Å². The Bertz CT molecular complexity index is 564. The van der Waals surface area contributed by atoms with Crippen molar-refractivity contribution in [2.45, 2.75) is 39.7 Å². The Morgan fingerprint density at radius 1 is 1.30 bits per heavy atom. The standard InChI is InChI=1S/C14H19N3O3/c1-7-12(9(3)18)8(2)16-13(7)14(20)17-10-4-5-11(19)15-6-10/h10,16H,4-6H2,1-3H3,(H,15,19)(H,17,20). The largest absolute Gasteiger partial charge is 0.354 e. The molecule has 1 aromatic rings. The second-order valence-electron chi connectivity index (χ2n) is 5.19. The van der Waals surface area contributed by atoms with Crippen molar-refractivity contribution in [1.82, 2.24) is 15.6 Å². The van der Waals surface area contributed by atoms with Crippen molar-refractivity contribution >= 4 is 17.6 Å². The molecule has 6 heteroatoms. The Kier molecular flexibility index (Phi) is 3.92. The first-order valence-corrected chi connectivity index (χ1v) is 6.67. The lowest BCUT2D eigenvalue weighted by Crippen LogP contribution is -2.47. The molecule has 1 aromatic heterocycles. The Morgan fingerprint density at radius 3 is 2.50 bits per heavy atom. The number of aryl methyl sites for hydroxylation is 1. The number of Topliss-reactive ketones (excluding diaryl/α,β-unsaturated/α-hetero) is 1. The predicted molar refractivity (Wildman–Crippen MR) is 73.8 cm³/mol. The number of nitrogens with one attached hydrogen (secondary N) is 3. The molecule has 0 bridgehead atoms. The molecule has 1 aliphatic rings. The van der Waals surface area contributed by atoms with E-state index in [0.29, 0.717) is 41.9 Å². The van der Waals surface area contributed by atoms with Crippen molar-refractivity contribution in [3.63, 3.8) is 0 Å². The molecular formula is C14H19N3O3. The number of H-pyrrole nitrogens is 1. The summed E-state index contributed by atoms with van der Waals surface area (Å²) in [5.41, 5.74) is 2.38. The van der Waals surface area contributed by atoms with Gasteiger partial charge in [-0.05, 0) is 32.8 Å². The Balaban J connectivity index is 2.12. The zero-order valence-corrected chi connectivity index (χ0v) is 11.9. The minimum absolute atomic E-state index is 0.0151. The highest BCUT2D eigenvalue weighted by molar-refractivity contribution is 6.02. The van der Waals surface area contributed by atoms with E-state index in [0.717, 1.165) is 0 Å². The highest BCUT2D eigenvalue weighted by atomic mass is 16.2. The second-order valence-corrected chi connectivity index (χ2v) is 5.19.